The van der Waals surface area contributed by atoms with Crippen molar-refractivity contribution in [2.24, 2.45) is 7.05 Å². The molecule has 0 bridgehead atoms. The second-order valence-electron chi connectivity index (χ2n) is 6.32. The van der Waals surface area contributed by atoms with Crippen molar-refractivity contribution >= 4 is 11.6 Å². The van der Waals surface area contributed by atoms with Gasteiger partial charge in [-0.05, 0) is 24.5 Å². The minimum Gasteiger partial charge on any atom is -0.314 e. The van der Waals surface area contributed by atoms with Crippen molar-refractivity contribution < 1.29 is 4.79 Å². The molecule has 1 aromatic heterocycles. The van der Waals surface area contributed by atoms with E-state index in [4.69, 9.17) is 0 Å². The van der Waals surface area contributed by atoms with Gasteiger partial charge in [-0.2, -0.15) is 0 Å². The number of hydrogen-bond acceptors (Lipinski definition) is 3. The summed E-state index contributed by atoms with van der Waals surface area (Å²) in [6.07, 6.45) is 2.28. The molecule has 126 valence electrons. The number of hydrogen-bond donors (Lipinski definition) is 0. The van der Waals surface area contributed by atoms with E-state index in [-0.39, 0.29) is 12.3 Å². The minimum atomic E-state index is 0.0715. The summed E-state index contributed by atoms with van der Waals surface area (Å²) in [4.78, 5) is 14.8. The van der Waals surface area contributed by atoms with E-state index in [0.717, 1.165) is 36.5 Å². The molecule has 1 aliphatic heterocycles. The Morgan fingerprint density at radius 1 is 1.04 bits per heavy atom. The molecule has 0 fully saturated rings. The van der Waals surface area contributed by atoms with Crippen LogP contribution >= 0.6 is 0 Å². The van der Waals surface area contributed by atoms with Crippen LogP contribution in [-0.4, -0.2) is 27.2 Å². The molecule has 1 aliphatic rings. The molecule has 4 rings (SSSR count). The van der Waals surface area contributed by atoms with Gasteiger partial charge in [0, 0.05) is 24.8 Å². The highest BCUT2D eigenvalue weighted by Crippen LogP contribution is 2.27. The van der Waals surface area contributed by atoms with E-state index in [0.29, 0.717) is 5.82 Å². The fourth-order valence-corrected chi connectivity index (χ4v) is 3.38. The summed E-state index contributed by atoms with van der Waals surface area (Å²) >= 11 is 0. The molecule has 0 radical (unpaired) electrons. The predicted octanol–water partition coefficient (Wildman–Crippen LogP) is 3.00. The maximum Gasteiger partial charge on any atom is 0.234 e. The molecule has 25 heavy (non-hydrogen) atoms. The Hall–Kier alpha value is -2.95. The van der Waals surface area contributed by atoms with Crippen LogP contribution in [0.2, 0.25) is 0 Å². The third kappa shape index (κ3) is 2.93. The minimum absolute atomic E-state index is 0.0715. The number of aromatic nitrogens is 3. The average Bonchev–Trinajstić information content (AvgIpc) is 3.02. The summed E-state index contributed by atoms with van der Waals surface area (Å²) in [5.41, 5.74) is 3.27. The highest BCUT2D eigenvalue weighted by molar-refractivity contribution is 5.95. The van der Waals surface area contributed by atoms with Crippen molar-refractivity contribution in [3.63, 3.8) is 0 Å². The lowest BCUT2D eigenvalue weighted by Crippen LogP contribution is -2.37. The van der Waals surface area contributed by atoms with Crippen LogP contribution in [0, 0.1) is 0 Å². The first-order valence-corrected chi connectivity index (χ1v) is 8.56. The number of nitrogens with zero attached hydrogens (tertiary/aromatic N) is 4. The molecule has 0 spiro atoms. The molecule has 0 unspecified atom stereocenters. The monoisotopic (exact) mass is 332 g/mol. The first kappa shape index (κ1) is 15.6. The van der Waals surface area contributed by atoms with Crippen molar-refractivity contribution in [2.45, 2.75) is 19.3 Å². The number of anilines is 1. The normalized spacial score (nSPS) is 13.6. The van der Waals surface area contributed by atoms with Crippen molar-refractivity contribution in [3.05, 3.63) is 66.0 Å². The van der Waals surface area contributed by atoms with Crippen molar-refractivity contribution in [3.8, 4) is 11.4 Å². The molecule has 5 heteroatoms. The first-order chi connectivity index (χ1) is 12.2. The maximum atomic E-state index is 12.9. The van der Waals surface area contributed by atoms with Gasteiger partial charge < -0.3 is 9.47 Å². The zero-order valence-corrected chi connectivity index (χ0v) is 14.2. The third-order valence-corrected chi connectivity index (χ3v) is 4.72. The Labute approximate surface area is 146 Å². The van der Waals surface area contributed by atoms with E-state index in [1.807, 2.05) is 65.0 Å². The van der Waals surface area contributed by atoms with Gasteiger partial charge >= 0.3 is 0 Å². The van der Waals surface area contributed by atoms with E-state index in [2.05, 4.69) is 16.3 Å². The second-order valence-corrected chi connectivity index (χ2v) is 6.32. The van der Waals surface area contributed by atoms with Crippen LogP contribution < -0.4 is 4.90 Å². The zero-order chi connectivity index (χ0) is 17.2. The molecule has 2 aromatic carbocycles. The molecule has 2 heterocycles. The topological polar surface area (TPSA) is 51.0 Å². The summed E-state index contributed by atoms with van der Waals surface area (Å²) in [5.74, 6) is 1.54. The highest BCUT2D eigenvalue weighted by atomic mass is 16.2. The van der Waals surface area contributed by atoms with Crippen molar-refractivity contribution in [1.29, 1.82) is 0 Å². The number of benzene rings is 2. The van der Waals surface area contributed by atoms with E-state index >= 15 is 0 Å². The molecule has 0 aliphatic carbocycles. The van der Waals surface area contributed by atoms with Gasteiger partial charge in [0.25, 0.3) is 0 Å². The van der Waals surface area contributed by atoms with Crippen LogP contribution in [0.3, 0.4) is 0 Å². The molecule has 5 nitrogen and oxygen atoms in total. The Morgan fingerprint density at radius 2 is 1.80 bits per heavy atom. The molecular formula is C20H20N4O. The molecular weight excluding hydrogens is 312 g/mol. The van der Waals surface area contributed by atoms with Crippen LogP contribution in [0.15, 0.2) is 54.6 Å². The van der Waals surface area contributed by atoms with E-state index in [1.54, 1.807) is 0 Å². The Kier molecular flexibility index (Phi) is 4.06. The van der Waals surface area contributed by atoms with Crippen molar-refractivity contribution in [1.82, 2.24) is 14.8 Å². The fraction of sp³-hybridized carbons (Fsp3) is 0.250. The van der Waals surface area contributed by atoms with Gasteiger partial charge in [-0.3, -0.25) is 4.79 Å². The SMILES string of the molecule is Cn1c(CC(=O)N2CCCc3ccccc32)nnc1-c1ccccc1. The lowest BCUT2D eigenvalue weighted by Gasteiger charge is -2.29. The predicted molar refractivity (Wildman–Crippen MR) is 97.3 cm³/mol. The largest absolute Gasteiger partial charge is 0.314 e. The van der Waals surface area contributed by atoms with Gasteiger partial charge in [0.2, 0.25) is 5.91 Å². The van der Waals surface area contributed by atoms with Gasteiger partial charge in [-0.1, -0.05) is 48.5 Å². The van der Waals surface area contributed by atoms with Crippen LogP contribution in [0.1, 0.15) is 17.8 Å². The van der Waals surface area contributed by atoms with Gasteiger partial charge in [0.15, 0.2) is 5.82 Å². The number of amides is 1. The number of aryl methyl sites for hydroxylation is 1. The van der Waals surface area contributed by atoms with Gasteiger partial charge in [0.1, 0.15) is 5.82 Å². The number of carbonyl (C=O) groups excluding carboxylic acids is 1. The summed E-state index contributed by atoms with van der Waals surface area (Å²) in [5, 5.41) is 8.52. The van der Waals surface area contributed by atoms with Gasteiger partial charge in [-0.25, -0.2) is 0 Å². The van der Waals surface area contributed by atoms with Crippen molar-refractivity contribution in [2.75, 3.05) is 11.4 Å². The molecule has 0 N–H and O–H groups in total. The quantitative estimate of drug-likeness (QED) is 0.741. The van der Waals surface area contributed by atoms with E-state index in [9.17, 15) is 4.79 Å². The summed E-state index contributed by atoms with van der Waals surface area (Å²) < 4.78 is 1.91. The molecule has 0 atom stereocenters. The Morgan fingerprint density at radius 3 is 2.64 bits per heavy atom. The number of carbonyl (C=O) groups is 1. The molecule has 0 saturated heterocycles. The number of rotatable bonds is 3. The Bertz CT molecular complexity index is 901. The summed E-state index contributed by atoms with van der Waals surface area (Å²) in [6, 6.07) is 18.1. The van der Waals surface area contributed by atoms with E-state index < -0.39 is 0 Å². The second kappa shape index (κ2) is 6.51. The lowest BCUT2D eigenvalue weighted by molar-refractivity contribution is -0.118. The zero-order valence-electron chi connectivity index (χ0n) is 14.2. The number of fused-ring (bicyclic) bond motifs is 1. The van der Waals surface area contributed by atoms with Crippen LogP contribution in [0.25, 0.3) is 11.4 Å². The molecule has 1 amide bonds. The Balaban J connectivity index is 1.58. The highest BCUT2D eigenvalue weighted by Gasteiger charge is 2.24. The summed E-state index contributed by atoms with van der Waals surface area (Å²) in [7, 11) is 1.91. The fourth-order valence-electron chi connectivity index (χ4n) is 3.38. The molecule has 3 aromatic rings. The van der Waals surface area contributed by atoms with Crippen LogP contribution in [0.5, 0.6) is 0 Å². The maximum absolute atomic E-state index is 12.9. The smallest absolute Gasteiger partial charge is 0.234 e. The first-order valence-electron chi connectivity index (χ1n) is 8.56. The van der Waals surface area contributed by atoms with Crippen LogP contribution in [0.4, 0.5) is 5.69 Å². The summed E-state index contributed by atoms with van der Waals surface area (Å²) in [6.45, 7) is 0.763. The third-order valence-electron chi connectivity index (χ3n) is 4.72. The van der Waals surface area contributed by atoms with Crippen LogP contribution in [-0.2, 0) is 24.7 Å². The van der Waals surface area contributed by atoms with Gasteiger partial charge in [-0.15, -0.1) is 10.2 Å². The number of para-hydroxylation sites is 1. The van der Waals surface area contributed by atoms with E-state index in [1.165, 1.54) is 5.56 Å². The average molecular weight is 332 g/mol. The van der Waals surface area contributed by atoms with Gasteiger partial charge in [0.05, 0.1) is 6.42 Å². The standard InChI is InChI=1S/C20H20N4O/c1-23-18(21-22-20(23)16-9-3-2-4-10-16)14-19(25)24-13-7-11-15-8-5-6-12-17(15)24/h2-6,8-10,12H,7,11,13-14H2,1H3. The lowest BCUT2D eigenvalue weighted by atomic mass is 10.0. The molecule has 0 saturated carbocycles.